The molecule has 0 bridgehead atoms. The summed E-state index contributed by atoms with van der Waals surface area (Å²) in [6.07, 6.45) is 9.46. The summed E-state index contributed by atoms with van der Waals surface area (Å²) in [6, 6.07) is 12.6. The highest BCUT2D eigenvalue weighted by Gasteiger charge is 2.23. The molecule has 0 aliphatic carbocycles. The molecule has 2 aromatic carbocycles. The Kier molecular flexibility index (Phi) is 8.83. The number of likely N-dealkylation sites (N-methyl/N-ethyl adjacent to an activating group) is 2. The molecule has 0 saturated carbocycles. The van der Waals surface area contributed by atoms with Crippen LogP contribution in [0, 0.1) is 12.7 Å². The second-order valence-electron chi connectivity index (χ2n) is 8.95. The van der Waals surface area contributed by atoms with Gasteiger partial charge in [-0.05, 0) is 54.0 Å². The van der Waals surface area contributed by atoms with Crippen LogP contribution in [-0.2, 0) is 10.5 Å². The van der Waals surface area contributed by atoms with Crippen LogP contribution >= 0.6 is 11.8 Å². The highest BCUT2D eigenvalue weighted by molar-refractivity contribution is 7.98. The molecule has 0 fully saturated rings. The van der Waals surface area contributed by atoms with Crippen LogP contribution in [0.15, 0.2) is 72.9 Å². The largest absolute Gasteiger partial charge is 0.487 e. The monoisotopic (exact) mass is 511 g/mol. The van der Waals surface area contributed by atoms with Gasteiger partial charge in [-0.2, -0.15) is 11.8 Å². The molecule has 2 aliphatic heterocycles. The Morgan fingerprint density at radius 3 is 2.69 bits per heavy atom. The quantitative estimate of drug-likeness (QED) is 0.442. The minimum atomic E-state index is -0.246. The highest BCUT2D eigenvalue weighted by Crippen LogP contribution is 2.25. The van der Waals surface area contributed by atoms with E-state index in [1.54, 1.807) is 18.4 Å². The summed E-state index contributed by atoms with van der Waals surface area (Å²) < 4.78 is 24.9. The van der Waals surface area contributed by atoms with Crippen molar-refractivity contribution in [1.29, 1.82) is 0 Å². The number of hydrogen-bond acceptors (Lipinski definition) is 7. The fraction of sp³-hybridized carbons (Fsp3) is 0.357. The van der Waals surface area contributed by atoms with E-state index in [-0.39, 0.29) is 24.8 Å². The van der Waals surface area contributed by atoms with Crippen molar-refractivity contribution in [3.8, 4) is 5.75 Å². The number of halogens is 1. The molecule has 0 saturated heterocycles. The van der Waals surface area contributed by atoms with Gasteiger partial charge in [-0.1, -0.05) is 24.3 Å². The Morgan fingerprint density at radius 1 is 1.14 bits per heavy atom. The first-order chi connectivity index (χ1) is 17.4. The summed E-state index contributed by atoms with van der Waals surface area (Å²) in [5, 5.41) is 9.55. The Balaban J connectivity index is 1.20. The lowest BCUT2D eigenvalue weighted by atomic mass is 10.1. The Hall–Kier alpha value is -3.10. The Morgan fingerprint density at radius 2 is 1.94 bits per heavy atom. The van der Waals surface area contributed by atoms with Crippen molar-refractivity contribution in [3.63, 3.8) is 0 Å². The number of ether oxygens (including phenoxy) is 2. The summed E-state index contributed by atoms with van der Waals surface area (Å²) in [7, 11) is 3.95. The van der Waals surface area contributed by atoms with Crippen molar-refractivity contribution in [2.75, 3.05) is 39.6 Å². The maximum Gasteiger partial charge on any atom is 0.191 e. The third kappa shape index (κ3) is 6.56. The van der Waals surface area contributed by atoms with E-state index < -0.39 is 0 Å². The molecule has 2 atom stereocenters. The Labute approximate surface area is 217 Å². The number of hydrogen-bond donors (Lipinski definition) is 1. The van der Waals surface area contributed by atoms with Crippen molar-refractivity contribution in [3.05, 3.63) is 95.4 Å². The molecule has 0 amide bonds. The van der Waals surface area contributed by atoms with Crippen LogP contribution in [0.5, 0.6) is 5.75 Å². The minimum Gasteiger partial charge on any atom is -0.487 e. The molecule has 2 unspecified atom stereocenters. The van der Waals surface area contributed by atoms with E-state index in [0.717, 1.165) is 35.1 Å². The van der Waals surface area contributed by atoms with Crippen molar-refractivity contribution < 1.29 is 19.0 Å². The smallest absolute Gasteiger partial charge is 0.191 e. The molecule has 2 heterocycles. The molecular weight excluding hydrogens is 477 g/mol. The van der Waals surface area contributed by atoms with Crippen LogP contribution in [0.4, 0.5) is 4.39 Å². The van der Waals surface area contributed by atoms with E-state index in [1.165, 1.54) is 23.3 Å². The molecule has 2 aliphatic rings. The third-order valence-electron chi connectivity index (χ3n) is 6.46. The molecule has 0 spiro atoms. The third-order valence-corrected chi connectivity index (χ3v) is 7.45. The number of benzene rings is 2. The van der Waals surface area contributed by atoms with E-state index in [2.05, 4.69) is 24.0 Å². The average Bonchev–Trinajstić information content (AvgIpc) is 3.42. The first kappa shape index (κ1) is 26.0. The maximum absolute atomic E-state index is 13.1. The molecule has 36 heavy (non-hydrogen) atoms. The lowest BCUT2D eigenvalue weighted by molar-refractivity contribution is 0.101. The summed E-state index contributed by atoms with van der Waals surface area (Å²) in [4.78, 5) is 6.23. The van der Waals surface area contributed by atoms with Crippen LogP contribution in [0.3, 0.4) is 0 Å². The van der Waals surface area contributed by atoms with Crippen LogP contribution in [-0.4, -0.2) is 71.8 Å². The van der Waals surface area contributed by atoms with Crippen molar-refractivity contribution in [1.82, 2.24) is 14.7 Å². The lowest BCUT2D eigenvalue weighted by Crippen LogP contribution is -2.40. The topological polar surface area (TPSA) is 48.4 Å². The molecule has 8 heteroatoms. The van der Waals surface area contributed by atoms with E-state index in [4.69, 9.17) is 9.47 Å². The van der Waals surface area contributed by atoms with E-state index in [9.17, 15) is 9.50 Å². The van der Waals surface area contributed by atoms with Gasteiger partial charge in [-0.3, -0.25) is 0 Å². The average molecular weight is 512 g/mol. The maximum atomic E-state index is 13.1. The highest BCUT2D eigenvalue weighted by atomic mass is 32.2. The zero-order chi connectivity index (χ0) is 25.5. The molecule has 1 N–H and O–H groups in total. The van der Waals surface area contributed by atoms with Crippen molar-refractivity contribution >= 4 is 17.8 Å². The van der Waals surface area contributed by atoms with E-state index >= 15 is 0 Å². The summed E-state index contributed by atoms with van der Waals surface area (Å²) in [6.45, 7) is 3.56. The molecule has 6 nitrogen and oxygen atoms in total. The molecular formula is C28H34FN3O3S. The normalized spacial score (nSPS) is 19.4. The van der Waals surface area contributed by atoms with Gasteiger partial charge in [0.05, 0.1) is 12.3 Å². The standard InChI is InChI=1S/C28H34FN3O3S/c1-21-16-26(10-7-23(21)20-36-15-14-32-13-12-30(2)27(32)17-33)34-18-25-19-35-28(31(25)3)11-6-22-4-8-24(29)9-5-22/h4-13,16,19,27-28,33H,14-15,17-18,20H2,1-3H3/b11-6+. The van der Waals surface area contributed by atoms with Gasteiger partial charge in [0, 0.05) is 44.5 Å². The van der Waals surface area contributed by atoms with Crippen LogP contribution in [0.1, 0.15) is 16.7 Å². The second kappa shape index (κ2) is 12.2. The predicted octanol–water partition coefficient (Wildman–Crippen LogP) is 4.63. The molecule has 192 valence electrons. The molecule has 0 radical (unpaired) electrons. The van der Waals surface area contributed by atoms with E-state index in [1.807, 2.05) is 66.3 Å². The second-order valence-corrected chi connectivity index (χ2v) is 10.1. The van der Waals surface area contributed by atoms with Crippen molar-refractivity contribution in [2.45, 2.75) is 25.1 Å². The minimum absolute atomic E-state index is 0.0456. The number of rotatable bonds is 11. The number of thioether (sulfide) groups is 1. The van der Waals surface area contributed by atoms with Gasteiger partial charge < -0.3 is 29.3 Å². The van der Waals surface area contributed by atoms with Gasteiger partial charge in [0.25, 0.3) is 0 Å². The number of aryl methyl sites for hydroxylation is 1. The number of aliphatic hydroxyl groups excluding tert-OH is 1. The SMILES string of the molecule is Cc1cc(OCC2=COC(/C=C/c3ccc(F)cc3)N2C)ccc1CSCCN1C=CN(C)C1CO. The molecule has 4 rings (SSSR count). The van der Waals surface area contributed by atoms with Gasteiger partial charge in [-0.15, -0.1) is 0 Å². The number of aliphatic hydroxyl groups is 1. The van der Waals surface area contributed by atoms with Crippen LogP contribution < -0.4 is 4.74 Å². The summed E-state index contributed by atoms with van der Waals surface area (Å²) >= 11 is 1.89. The summed E-state index contributed by atoms with van der Waals surface area (Å²) in [5.74, 6) is 2.51. The van der Waals surface area contributed by atoms with Gasteiger partial charge in [-0.25, -0.2) is 4.39 Å². The van der Waals surface area contributed by atoms with E-state index in [0.29, 0.717) is 6.61 Å². The van der Waals surface area contributed by atoms with Crippen LogP contribution in [0.25, 0.3) is 6.08 Å². The first-order valence-corrected chi connectivity index (χ1v) is 13.2. The zero-order valence-electron chi connectivity index (χ0n) is 21.0. The predicted molar refractivity (Wildman–Crippen MR) is 143 cm³/mol. The molecule has 0 aromatic heterocycles. The van der Waals surface area contributed by atoms with Gasteiger partial charge in [0.2, 0.25) is 0 Å². The molecule has 2 aromatic rings. The summed E-state index contributed by atoms with van der Waals surface area (Å²) in [5.41, 5.74) is 4.37. The number of nitrogens with zero attached hydrogens (tertiary/aromatic N) is 3. The fourth-order valence-electron chi connectivity index (χ4n) is 4.07. The first-order valence-electron chi connectivity index (χ1n) is 12.0. The van der Waals surface area contributed by atoms with Gasteiger partial charge in [0.1, 0.15) is 30.6 Å². The fourth-order valence-corrected chi connectivity index (χ4v) is 5.10. The van der Waals surface area contributed by atoms with Gasteiger partial charge >= 0.3 is 0 Å². The zero-order valence-corrected chi connectivity index (χ0v) is 21.8. The van der Waals surface area contributed by atoms with Gasteiger partial charge in [0.15, 0.2) is 6.23 Å². The lowest BCUT2D eigenvalue weighted by Gasteiger charge is -2.28. The Bertz CT molecular complexity index is 1110. The van der Waals surface area contributed by atoms with Crippen LogP contribution in [0.2, 0.25) is 0 Å². The van der Waals surface area contributed by atoms with Crippen molar-refractivity contribution in [2.24, 2.45) is 0 Å².